The molecule has 0 saturated heterocycles. The van der Waals surface area contributed by atoms with Crippen LogP contribution in [0.25, 0.3) is 0 Å². The van der Waals surface area contributed by atoms with Crippen molar-refractivity contribution in [2.75, 3.05) is 26.5 Å². The molecule has 0 bridgehead atoms. The zero-order valence-electron chi connectivity index (χ0n) is 8.54. The van der Waals surface area contributed by atoms with E-state index in [9.17, 15) is 0 Å². The Morgan fingerprint density at radius 2 is 2.14 bits per heavy atom. The van der Waals surface area contributed by atoms with Crippen LogP contribution in [0.2, 0.25) is 5.02 Å². The standard InChI is InChI=1S/C10H13ClN2O/c1-13(2)7-12-8-4-5-10(14-3)9(11)6-8/h4-7H,1-3H3/p+1. The Labute approximate surface area is 89.0 Å². The zero-order valence-corrected chi connectivity index (χ0v) is 9.30. The quantitative estimate of drug-likeness (QED) is 0.472. The molecule has 0 heterocycles. The number of halogens is 1. The summed E-state index contributed by atoms with van der Waals surface area (Å²) in [4.78, 5) is 0. The van der Waals surface area contributed by atoms with Crippen molar-refractivity contribution in [3.05, 3.63) is 23.2 Å². The predicted molar refractivity (Wildman–Crippen MR) is 59.8 cm³/mol. The van der Waals surface area contributed by atoms with Gasteiger partial charge < -0.3 is 4.74 Å². The maximum Gasteiger partial charge on any atom is 0.236 e. The number of nitrogens with zero attached hydrogens (tertiary/aromatic N) is 1. The number of benzene rings is 1. The van der Waals surface area contributed by atoms with Gasteiger partial charge in [0.2, 0.25) is 6.34 Å². The van der Waals surface area contributed by atoms with Crippen LogP contribution in [0.3, 0.4) is 0 Å². The first-order chi connectivity index (χ1) is 6.63. The van der Waals surface area contributed by atoms with E-state index in [2.05, 4.69) is 5.32 Å². The molecule has 0 aliphatic heterocycles. The van der Waals surface area contributed by atoms with Gasteiger partial charge in [0.25, 0.3) is 0 Å². The van der Waals surface area contributed by atoms with Crippen molar-refractivity contribution < 1.29 is 9.31 Å². The van der Waals surface area contributed by atoms with Crippen molar-refractivity contribution in [1.29, 1.82) is 0 Å². The summed E-state index contributed by atoms with van der Waals surface area (Å²) < 4.78 is 6.96. The molecule has 76 valence electrons. The van der Waals surface area contributed by atoms with Gasteiger partial charge in [-0.15, -0.1) is 0 Å². The van der Waals surface area contributed by atoms with Gasteiger partial charge in [-0.25, -0.2) is 5.32 Å². The van der Waals surface area contributed by atoms with Crippen molar-refractivity contribution in [3.63, 3.8) is 0 Å². The number of hydrogen-bond acceptors (Lipinski definition) is 1. The lowest BCUT2D eigenvalue weighted by Gasteiger charge is -2.02. The molecule has 0 atom stereocenters. The summed E-state index contributed by atoms with van der Waals surface area (Å²) in [7, 11) is 5.48. The van der Waals surface area contributed by atoms with Crippen LogP contribution in [0.4, 0.5) is 5.69 Å². The van der Waals surface area contributed by atoms with Crippen molar-refractivity contribution in [3.8, 4) is 5.75 Å². The predicted octanol–water partition coefficient (Wildman–Crippen LogP) is 2.06. The highest BCUT2D eigenvalue weighted by Gasteiger charge is 2.02. The summed E-state index contributed by atoms with van der Waals surface area (Å²) in [5.41, 5.74) is 0.935. The maximum atomic E-state index is 5.95. The molecule has 0 fully saturated rings. The van der Waals surface area contributed by atoms with Crippen LogP contribution in [0.1, 0.15) is 0 Å². The summed E-state index contributed by atoms with van der Waals surface area (Å²) >= 11 is 5.95. The van der Waals surface area contributed by atoms with Crippen molar-refractivity contribution in [2.45, 2.75) is 0 Å². The number of hydrogen-bond donors (Lipinski definition) is 1. The van der Waals surface area contributed by atoms with E-state index in [4.69, 9.17) is 16.3 Å². The Hall–Kier alpha value is -1.22. The minimum Gasteiger partial charge on any atom is -0.495 e. The molecule has 0 aromatic heterocycles. The van der Waals surface area contributed by atoms with Gasteiger partial charge in [-0.1, -0.05) is 11.6 Å². The number of methoxy groups -OCH3 is 1. The van der Waals surface area contributed by atoms with Gasteiger partial charge in [0, 0.05) is 6.07 Å². The molecule has 1 aromatic rings. The second-order valence-corrected chi connectivity index (χ2v) is 3.49. The molecule has 1 rings (SSSR count). The largest absolute Gasteiger partial charge is 0.495 e. The third-order valence-electron chi connectivity index (χ3n) is 1.64. The topological polar surface area (TPSA) is 24.3 Å². The molecule has 1 aromatic carbocycles. The third kappa shape index (κ3) is 2.92. The van der Waals surface area contributed by atoms with Gasteiger partial charge in [0.15, 0.2) is 0 Å². The van der Waals surface area contributed by atoms with Crippen LogP contribution in [-0.2, 0) is 0 Å². The normalized spacial score (nSPS) is 9.43. The number of anilines is 1. The first kappa shape index (κ1) is 10.9. The SMILES string of the molecule is COc1ccc(NC=[N+](C)C)cc1Cl. The van der Waals surface area contributed by atoms with Crippen LogP contribution < -0.4 is 10.1 Å². The van der Waals surface area contributed by atoms with E-state index in [0.29, 0.717) is 10.8 Å². The van der Waals surface area contributed by atoms with Crippen LogP contribution in [-0.4, -0.2) is 32.1 Å². The molecule has 3 nitrogen and oxygen atoms in total. The second kappa shape index (κ2) is 4.86. The first-order valence-corrected chi connectivity index (χ1v) is 4.61. The van der Waals surface area contributed by atoms with Crippen molar-refractivity contribution in [1.82, 2.24) is 0 Å². The van der Waals surface area contributed by atoms with Crippen LogP contribution in [0.5, 0.6) is 5.75 Å². The molecule has 0 saturated carbocycles. The number of ether oxygens (including phenoxy) is 1. The third-order valence-corrected chi connectivity index (χ3v) is 1.94. The summed E-state index contributed by atoms with van der Waals surface area (Å²) in [6, 6.07) is 5.55. The van der Waals surface area contributed by atoms with Gasteiger partial charge in [-0.3, -0.25) is 4.58 Å². The minimum atomic E-state index is 0.602. The van der Waals surface area contributed by atoms with E-state index in [1.54, 1.807) is 7.11 Å². The lowest BCUT2D eigenvalue weighted by Crippen LogP contribution is -2.07. The summed E-state index contributed by atoms with van der Waals surface area (Å²) in [6.07, 6.45) is 1.85. The number of rotatable bonds is 3. The average molecular weight is 214 g/mol. The molecule has 0 amide bonds. The minimum absolute atomic E-state index is 0.602. The van der Waals surface area contributed by atoms with Crippen LogP contribution >= 0.6 is 11.6 Å². The molecular formula is C10H14ClN2O+. The summed E-state index contributed by atoms with van der Waals surface area (Å²) in [5, 5.41) is 3.70. The molecule has 0 spiro atoms. The van der Waals surface area contributed by atoms with Gasteiger partial charge in [0.1, 0.15) is 11.4 Å². The maximum absolute atomic E-state index is 5.95. The Bertz CT molecular complexity index is 346. The van der Waals surface area contributed by atoms with Crippen molar-refractivity contribution >= 4 is 23.6 Å². The highest BCUT2D eigenvalue weighted by atomic mass is 35.5. The monoisotopic (exact) mass is 213 g/mol. The average Bonchev–Trinajstić information content (AvgIpc) is 2.15. The fourth-order valence-corrected chi connectivity index (χ4v) is 1.22. The van der Waals surface area contributed by atoms with E-state index < -0.39 is 0 Å². The molecule has 0 aliphatic carbocycles. The molecule has 1 N–H and O–H groups in total. The van der Waals surface area contributed by atoms with Crippen LogP contribution in [0, 0.1) is 0 Å². The molecule has 0 radical (unpaired) electrons. The molecule has 14 heavy (non-hydrogen) atoms. The highest BCUT2D eigenvalue weighted by molar-refractivity contribution is 6.32. The smallest absolute Gasteiger partial charge is 0.236 e. The van der Waals surface area contributed by atoms with E-state index >= 15 is 0 Å². The van der Waals surface area contributed by atoms with Gasteiger partial charge >= 0.3 is 0 Å². The first-order valence-electron chi connectivity index (χ1n) is 4.23. The van der Waals surface area contributed by atoms with Gasteiger partial charge in [0.05, 0.1) is 26.2 Å². The second-order valence-electron chi connectivity index (χ2n) is 3.09. The van der Waals surface area contributed by atoms with Gasteiger partial charge in [-0.05, 0) is 12.1 Å². The summed E-state index contributed by atoms with van der Waals surface area (Å²) in [5.74, 6) is 0.682. The summed E-state index contributed by atoms with van der Waals surface area (Å²) in [6.45, 7) is 0. The lowest BCUT2D eigenvalue weighted by atomic mass is 10.3. The zero-order chi connectivity index (χ0) is 10.6. The highest BCUT2D eigenvalue weighted by Crippen LogP contribution is 2.26. The molecule has 0 aliphatic rings. The van der Waals surface area contributed by atoms with Gasteiger partial charge in [-0.2, -0.15) is 0 Å². The molecular weight excluding hydrogens is 200 g/mol. The van der Waals surface area contributed by atoms with E-state index in [1.807, 2.05) is 43.2 Å². The Morgan fingerprint density at radius 1 is 1.43 bits per heavy atom. The van der Waals surface area contributed by atoms with E-state index in [1.165, 1.54) is 0 Å². The van der Waals surface area contributed by atoms with Crippen molar-refractivity contribution in [2.24, 2.45) is 0 Å². The fourth-order valence-electron chi connectivity index (χ4n) is 0.960. The van der Waals surface area contributed by atoms with E-state index in [0.717, 1.165) is 5.69 Å². The van der Waals surface area contributed by atoms with Crippen LogP contribution in [0.15, 0.2) is 18.2 Å². The molecule has 4 heteroatoms. The van der Waals surface area contributed by atoms with E-state index in [-0.39, 0.29) is 0 Å². The fraction of sp³-hybridized carbons (Fsp3) is 0.300. The Morgan fingerprint density at radius 3 is 2.64 bits per heavy atom. The Kier molecular flexibility index (Phi) is 3.77. The Balaban J connectivity index is 2.81. The lowest BCUT2D eigenvalue weighted by molar-refractivity contribution is -0.459. The number of nitrogens with one attached hydrogen (secondary N) is 1. The molecule has 0 unspecified atom stereocenters.